The van der Waals surface area contributed by atoms with Gasteiger partial charge in [0.1, 0.15) is 11.2 Å². The smallest absolute Gasteiger partial charge is 0.139 e. The number of aromatic nitrogens is 2. The van der Waals surface area contributed by atoms with Gasteiger partial charge in [-0.15, -0.1) is 0 Å². The van der Waals surface area contributed by atoms with Crippen molar-refractivity contribution in [3.63, 3.8) is 0 Å². The molecule has 1 aliphatic carbocycles. The lowest BCUT2D eigenvalue weighted by atomic mass is 9.78. The molecule has 0 spiro atoms. The molecule has 0 N–H and O–H groups in total. The van der Waals surface area contributed by atoms with Gasteiger partial charge < -0.3 is 4.42 Å². The van der Waals surface area contributed by atoms with Gasteiger partial charge in [-0.05, 0) is 41.7 Å². The first-order chi connectivity index (χ1) is 14.4. The van der Waals surface area contributed by atoms with Crippen LogP contribution in [0.1, 0.15) is 56.0 Å². The standard InChI is InChI=1S/C27H24N2O/c1-14(2)16-12-13-18-22-21-17(11-10-15(3)24(21)30-25(16)22)23-26(27(18,4)5)29-20-9-7-6-8-19(20)28-23/h6-14H,1-5H3. The van der Waals surface area contributed by atoms with E-state index in [2.05, 4.69) is 58.9 Å². The number of benzene rings is 3. The molecule has 1 aliphatic rings. The Bertz CT molecular complexity index is 1500. The van der Waals surface area contributed by atoms with Crippen molar-refractivity contribution in [3.05, 3.63) is 70.9 Å². The van der Waals surface area contributed by atoms with Crippen LogP contribution in [0.5, 0.6) is 0 Å². The Hall–Kier alpha value is -3.20. The van der Waals surface area contributed by atoms with Gasteiger partial charge in [0.05, 0.1) is 22.4 Å². The second kappa shape index (κ2) is 5.69. The van der Waals surface area contributed by atoms with E-state index in [1.54, 1.807) is 0 Å². The second-order valence-corrected chi connectivity index (χ2v) is 9.33. The minimum absolute atomic E-state index is 0.302. The van der Waals surface area contributed by atoms with Crippen LogP contribution in [0.2, 0.25) is 0 Å². The number of hydrogen-bond acceptors (Lipinski definition) is 3. The van der Waals surface area contributed by atoms with E-state index in [9.17, 15) is 0 Å². The van der Waals surface area contributed by atoms with Crippen LogP contribution in [0.3, 0.4) is 0 Å². The molecule has 6 rings (SSSR count). The first-order valence-electron chi connectivity index (χ1n) is 10.6. The number of para-hydroxylation sites is 2. The third kappa shape index (κ3) is 2.10. The first-order valence-corrected chi connectivity index (χ1v) is 10.6. The quantitative estimate of drug-likeness (QED) is 0.301. The van der Waals surface area contributed by atoms with Gasteiger partial charge in [0, 0.05) is 21.8 Å². The average molecular weight is 393 g/mol. The summed E-state index contributed by atoms with van der Waals surface area (Å²) in [5.74, 6) is 0.385. The van der Waals surface area contributed by atoms with Crippen molar-refractivity contribution in [2.75, 3.05) is 0 Å². The van der Waals surface area contributed by atoms with E-state index in [4.69, 9.17) is 14.4 Å². The predicted octanol–water partition coefficient (Wildman–Crippen LogP) is 7.27. The van der Waals surface area contributed by atoms with Gasteiger partial charge in [-0.25, -0.2) is 9.97 Å². The molecule has 3 heteroatoms. The van der Waals surface area contributed by atoms with Crippen molar-refractivity contribution in [3.8, 4) is 11.3 Å². The van der Waals surface area contributed by atoms with Gasteiger partial charge in [-0.2, -0.15) is 0 Å². The SMILES string of the molecule is Cc1ccc2c3c1oc1c(C(C)C)ccc(c13)C(C)(C)c1nc3ccccc3nc1-2. The van der Waals surface area contributed by atoms with Crippen LogP contribution in [-0.4, -0.2) is 9.97 Å². The highest BCUT2D eigenvalue weighted by atomic mass is 16.3. The fourth-order valence-corrected chi connectivity index (χ4v) is 5.05. The normalized spacial score (nSPS) is 14.7. The monoisotopic (exact) mass is 392 g/mol. The van der Waals surface area contributed by atoms with Crippen molar-refractivity contribution < 1.29 is 4.42 Å². The summed E-state index contributed by atoms with van der Waals surface area (Å²) in [5.41, 5.74) is 10.3. The average Bonchev–Trinajstić information content (AvgIpc) is 3.10. The number of fused-ring (bicyclic) bond motifs is 3. The Morgan fingerprint density at radius 2 is 1.57 bits per heavy atom. The zero-order valence-electron chi connectivity index (χ0n) is 18.0. The molecule has 2 heterocycles. The summed E-state index contributed by atoms with van der Waals surface area (Å²) in [6, 6.07) is 17.0. The van der Waals surface area contributed by atoms with Crippen molar-refractivity contribution in [2.24, 2.45) is 0 Å². The Balaban J connectivity index is 1.90. The second-order valence-electron chi connectivity index (χ2n) is 9.33. The van der Waals surface area contributed by atoms with E-state index in [0.29, 0.717) is 5.92 Å². The van der Waals surface area contributed by atoms with Crippen molar-refractivity contribution >= 4 is 33.0 Å². The zero-order valence-corrected chi connectivity index (χ0v) is 18.0. The number of aryl methyl sites for hydroxylation is 1. The summed E-state index contributed by atoms with van der Waals surface area (Å²) in [7, 11) is 0. The summed E-state index contributed by atoms with van der Waals surface area (Å²) >= 11 is 0. The van der Waals surface area contributed by atoms with E-state index in [1.165, 1.54) is 21.9 Å². The summed E-state index contributed by atoms with van der Waals surface area (Å²) in [6.45, 7) is 11.1. The molecule has 0 atom stereocenters. The number of rotatable bonds is 1. The Kier molecular flexibility index (Phi) is 3.35. The topological polar surface area (TPSA) is 38.9 Å². The molecule has 0 fully saturated rings. The van der Waals surface area contributed by atoms with E-state index < -0.39 is 0 Å². The van der Waals surface area contributed by atoms with Gasteiger partial charge in [0.25, 0.3) is 0 Å². The summed E-state index contributed by atoms with van der Waals surface area (Å²) in [4.78, 5) is 10.3. The lowest BCUT2D eigenvalue weighted by Gasteiger charge is -2.27. The molecule has 0 bridgehead atoms. The lowest BCUT2D eigenvalue weighted by molar-refractivity contribution is 0.620. The van der Waals surface area contributed by atoms with E-state index >= 15 is 0 Å². The largest absolute Gasteiger partial charge is 0.455 e. The molecule has 0 amide bonds. The van der Waals surface area contributed by atoms with E-state index in [1.807, 2.05) is 24.3 Å². The molecule has 148 valence electrons. The summed E-state index contributed by atoms with van der Waals surface area (Å²) in [5, 5.41) is 2.41. The van der Waals surface area contributed by atoms with Crippen LogP contribution in [0.15, 0.2) is 52.9 Å². The van der Waals surface area contributed by atoms with Gasteiger partial charge in [-0.1, -0.05) is 64.1 Å². The third-order valence-corrected chi connectivity index (χ3v) is 6.71. The molecule has 0 unspecified atom stereocenters. The fraction of sp³-hybridized carbons (Fsp3) is 0.259. The number of nitrogens with zero attached hydrogens (tertiary/aromatic N) is 2. The maximum Gasteiger partial charge on any atom is 0.139 e. The molecular weight excluding hydrogens is 368 g/mol. The molecule has 3 nitrogen and oxygen atoms in total. The highest BCUT2D eigenvalue weighted by Crippen LogP contribution is 2.50. The third-order valence-electron chi connectivity index (χ3n) is 6.71. The minimum Gasteiger partial charge on any atom is -0.455 e. The van der Waals surface area contributed by atoms with Crippen LogP contribution < -0.4 is 0 Å². The molecular formula is C27H24N2O. The maximum absolute atomic E-state index is 6.58. The Morgan fingerprint density at radius 3 is 2.30 bits per heavy atom. The lowest BCUT2D eigenvalue weighted by Crippen LogP contribution is -2.22. The summed E-state index contributed by atoms with van der Waals surface area (Å²) in [6.07, 6.45) is 0. The van der Waals surface area contributed by atoms with E-state index in [-0.39, 0.29) is 5.41 Å². The summed E-state index contributed by atoms with van der Waals surface area (Å²) < 4.78 is 6.58. The molecule has 0 aliphatic heterocycles. The van der Waals surface area contributed by atoms with Crippen molar-refractivity contribution in [1.82, 2.24) is 9.97 Å². The highest BCUT2D eigenvalue weighted by molar-refractivity contribution is 6.16. The van der Waals surface area contributed by atoms with Crippen LogP contribution in [0, 0.1) is 6.92 Å². The van der Waals surface area contributed by atoms with Crippen LogP contribution in [0.25, 0.3) is 44.2 Å². The first kappa shape index (κ1) is 17.6. The minimum atomic E-state index is -0.302. The maximum atomic E-state index is 6.58. The highest BCUT2D eigenvalue weighted by Gasteiger charge is 2.37. The van der Waals surface area contributed by atoms with Crippen LogP contribution >= 0.6 is 0 Å². The van der Waals surface area contributed by atoms with Gasteiger partial charge in [0.2, 0.25) is 0 Å². The van der Waals surface area contributed by atoms with Crippen LogP contribution in [0.4, 0.5) is 0 Å². The molecule has 3 aromatic carbocycles. The molecule has 0 saturated heterocycles. The van der Waals surface area contributed by atoms with Gasteiger partial charge >= 0.3 is 0 Å². The van der Waals surface area contributed by atoms with Gasteiger partial charge in [0.15, 0.2) is 0 Å². The van der Waals surface area contributed by atoms with Crippen molar-refractivity contribution in [1.29, 1.82) is 0 Å². The molecule has 2 aromatic heterocycles. The number of furan rings is 1. The Labute approximate surface area is 175 Å². The van der Waals surface area contributed by atoms with Crippen molar-refractivity contribution in [2.45, 2.75) is 46.0 Å². The molecule has 0 radical (unpaired) electrons. The zero-order chi connectivity index (χ0) is 20.8. The molecule has 30 heavy (non-hydrogen) atoms. The number of hydrogen-bond donors (Lipinski definition) is 0. The van der Waals surface area contributed by atoms with E-state index in [0.717, 1.165) is 44.7 Å². The van der Waals surface area contributed by atoms with Gasteiger partial charge in [-0.3, -0.25) is 0 Å². The predicted molar refractivity (Wildman–Crippen MR) is 123 cm³/mol. The molecule has 5 aromatic rings. The molecule has 0 saturated carbocycles. The Morgan fingerprint density at radius 1 is 0.833 bits per heavy atom. The fourth-order valence-electron chi connectivity index (χ4n) is 5.05. The van der Waals surface area contributed by atoms with Crippen LogP contribution in [-0.2, 0) is 5.41 Å².